The monoisotopic (exact) mass is 556 g/mol. The fraction of sp³-hybridized carbons (Fsp3) is 0.111. The Morgan fingerprint density at radius 3 is 1.24 bits per heavy atom. The van der Waals surface area contributed by atoms with Crippen LogP contribution in [0, 0.1) is 27.7 Å². The summed E-state index contributed by atoms with van der Waals surface area (Å²) >= 11 is 0. The minimum absolute atomic E-state index is 0. The van der Waals surface area contributed by atoms with Crippen LogP contribution in [0.4, 0.5) is 0 Å². The molecule has 0 N–H and O–H groups in total. The van der Waals surface area contributed by atoms with Crippen molar-refractivity contribution in [3.05, 3.63) is 146 Å². The zero-order valence-corrected chi connectivity index (χ0v) is 24.3. The quantitative estimate of drug-likeness (QED) is 0.190. The molecule has 6 rings (SSSR count). The molecule has 0 unspecified atom stereocenters. The van der Waals surface area contributed by atoms with Gasteiger partial charge in [0.25, 0.3) is 0 Å². The maximum atomic E-state index is 3.54. The maximum Gasteiger partial charge on any atom is 4.00 e. The number of unbranched alkanes of at least 4 members (excludes halogenated alkanes) is 1. The Bertz CT molecular complexity index is 1380. The van der Waals surface area contributed by atoms with Crippen LogP contribution in [0.5, 0.6) is 0 Å². The van der Waals surface area contributed by atoms with Gasteiger partial charge in [-0.3, -0.25) is 0 Å². The van der Waals surface area contributed by atoms with Gasteiger partial charge in [-0.25, -0.2) is 12.8 Å². The van der Waals surface area contributed by atoms with Gasteiger partial charge in [-0.2, -0.15) is 12.1 Å². The van der Waals surface area contributed by atoms with Crippen molar-refractivity contribution < 1.29 is 26.2 Å². The average molecular weight is 558 g/mol. The van der Waals surface area contributed by atoms with E-state index in [4.69, 9.17) is 0 Å². The van der Waals surface area contributed by atoms with E-state index >= 15 is 0 Å². The summed E-state index contributed by atoms with van der Waals surface area (Å²) < 4.78 is 0. The van der Waals surface area contributed by atoms with Crippen LogP contribution in [0.15, 0.2) is 121 Å². The number of fused-ring (bicyclic) bond motifs is 2. The van der Waals surface area contributed by atoms with E-state index in [0.717, 1.165) is 12.8 Å². The molecular formula is C36H34Zr. The first-order valence-corrected chi connectivity index (χ1v) is 12.6. The van der Waals surface area contributed by atoms with Crippen LogP contribution in [-0.2, 0) is 26.2 Å². The second-order valence-corrected chi connectivity index (χ2v) is 9.12. The fourth-order valence-corrected chi connectivity index (χ4v) is 4.51. The molecule has 0 saturated heterocycles. The molecule has 0 radical (unpaired) electrons. The van der Waals surface area contributed by atoms with E-state index in [1.54, 1.807) is 0 Å². The normalized spacial score (nSPS) is 10.2. The SMILES string of the molecule is Cc1cc2c(-c3ccccc3)cccc2[cH-]1.Cc1cc2c(-c3ccccc3)cccc2[cH-]1.[CH2-]CC[CH2-].[Zr+4]. The van der Waals surface area contributed by atoms with Crippen LogP contribution in [-0.4, -0.2) is 0 Å². The smallest absolute Gasteiger partial charge is 0.346 e. The van der Waals surface area contributed by atoms with Gasteiger partial charge >= 0.3 is 26.2 Å². The van der Waals surface area contributed by atoms with Crippen LogP contribution in [0.1, 0.15) is 24.0 Å². The Balaban J connectivity index is 0.000000176. The first-order valence-electron chi connectivity index (χ1n) is 12.6. The van der Waals surface area contributed by atoms with Crippen molar-refractivity contribution in [1.29, 1.82) is 0 Å². The fourth-order valence-electron chi connectivity index (χ4n) is 4.51. The van der Waals surface area contributed by atoms with E-state index in [-0.39, 0.29) is 26.2 Å². The zero-order chi connectivity index (χ0) is 25.3. The van der Waals surface area contributed by atoms with Crippen molar-refractivity contribution in [3.8, 4) is 22.3 Å². The van der Waals surface area contributed by atoms with E-state index in [1.165, 1.54) is 54.9 Å². The molecule has 0 aromatic heterocycles. The Kier molecular flexibility index (Phi) is 10.9. The largest absolute Gasteiger partial charge is 4.00 e. The molecule has 0 nitrogen and oxygen atoms in total. The molecule has 0 aliphatic heterocycles. The van der Waals surface area contributed by atoms with Gasteiger partial charge in [0.15, 0.2) is 0 Å². The van der Waals surface area contributed by atoms with Gasteiger partial charge in [0, 0.05) is 0 Å². The summed E-state index contributed by atoms with van der Waals surface area (Å²) in [5, 5.41) is 5.37. The topological polar surface area (TPSA) is 0 Å². The third-order valence-corrected chi connectivity index (χ3v) is 6.21. The molecule has 0 heterocycles. The molecule has 37 heavy (non-hydrogen) atoms. The van der Waals surface area contributed by atoms with Crippen molar-refractivity contribution in [3.63, 3.8) is 0 Å². The Labute approximate surface area is 241 Å². The minimum atomic E-state index is 0. The number of hydrogen-bond donors (Lipinski definition) is 0. The van der Waals surface area contributed by atoms with Crippen molar-refractivity contribution in [2.24, 2.45) is 0 Å². The molecular weight excluding hydrogens is 524 g/mol. The molecule has 182 valence electrons. The Hall–Kier alpha value is -3.02. The second kappa shape index (κ2) is 14.1. The molecule has 6 aromatic rings. The zero-order valence-electron chi connectivity index (χ0n) is 21.9. The molecule has 0 aliphatic rings. The molecule has 0 atom stereocenters. The van der Waals surface area contributed by atoms with Crippen LogP contribution in [0.3, 0.4) is 0 Å². The molecule has 0 spiro atoms. The third kappa shape index (κ3) is 7.27. The maximum absolute atomic E-state index is 3.54. The summed E-state index contributed by atoms with van der Waals surface area (Å²) in [6.07, 6.45) is 1.92. The van der Waals surface area contributed by atoms with Gasteiger partial charge in [-0.05, 0) is 11.1 Å². The predicted molar refractivity (Wildman–Crippen MR) is 159 cm³/mol. The number of rotatable bonds is 3. The Morgan fingerprint density at radius 2 is 0.892 bits per heavy atom. The number of benzene rings is 4. The molecule has 1 heteroatoms. The molecule has 6 aromatic carbocycles. The summed E-state index contributed by atoms with van der Waals surface area (Å²) in [5.74, 6) is 0. The standard InChI is InChI=1S/2C16H13.C4H8.Zr/c2*1-12-10-14-8-5-9-15(16(14)11-12)13-6-3-2-4-7-13;1-3-4-2;/h2*2-11H,1H3;1-4H2;/q2*-1;-2;+4. The van der Waals surface area contributed by atoms with Gasteiger partial charge in [0.1, 0.15) is 0 Å². The molecule has 0 amide bonds. The Morgan fingerprint density at radius 1 is 0.514 bits per heavy atom. The average Bonchev–Trinajstić information content (AvgIpc) is 3.50. The van der Waals surface area contributed by atoms with Crippen molar-refractivity contribution >= 4 is 21.5 Å². The van der Waals surface area contributed by atoms with E-state index in [0.29, 0.717) is 0 Å². The van der Waals surface area contributed by atoms with Crippen LogP contribution >= 0.6 is 0 Å². The molecule has 0 bridgehead atoms. The van der Waals surface area contributed by atoms with Gasteiger partial charge in [0.2, 0.25) is 0 Å². The van der Waals surface area contributed by atoms with E-state index in [1.807, 2.05) is 0 Å². The van der Waals surface area contributed by atoms with Crippen molar-refractivity contribution in [2.75, 3.05) is 0 Å². The first-order chi connectivity index (χ1) is 17.6. The van der Waals surface area contributed by atoms with E-state index in [2.05, 4.69) is 149 Å². The van der Waals surface area contributed by atoms with E-state index < -0.39 is 0 Å². The molecule has 0 fully saturated rings. The molecule has 0 aliphatic carbocycles. The predicted octanol–water partition coefficient (Wildman–Crippen LogP) is 10.5. The summed E-state index contributed by atoms with van der Waals surface area (Å²) in [6.45, 7) is 11.4. The van der Waals surface area contributed by atoms with Crippen LogP contribution in [0.2, 0.25) is 0 Å². The second-order valence-electron chi connectivity index (χ2n) is 9.12. The number of hydrogen-bond acceptors (Lipinski definition) is 0. The number of aryl methyl sites for hydroxylation is 2. The van der Waals surface area contributed by atoms with E-state index in [9.17, 15) is 0 Å². The van der Waals surface area contributed by atoms with Crippen LogP contribution in [0.25, 0.3) is 43.8 Å². The van der Waals surface area contributed by atoms with Crippen molar-refractivity contribution in [1.82, 2.24) is 0 Å². The summed E-state index contributed by atoms with van der Waals surface area (Å²) in [5.41, 5.74) is 7.89. The summed E-state index contributed by atoms with van der Waals surface area (Å²) in [4.78, 5) is 0. The summed E-state index contributed by atoms with van der Waals surface area (Å²) in [6, 6.07) is 43.1. The first kappa shape index (κ1) is 28.6. The summed E-state index contributed by atoms with van der Waals surface area (Å²) in [7, 11) is 0. The van der Waals surface area contributed by atoms with Gasteiger partial charge in [0.05, 0.1) is 0 Å². The van der Waals surface area contributed by atoms with Gasteiger partial charge < -0.3 is 13.8 Å². The minimum Gasteiger partial charge on any atom is -0.346 e. The third-order valence-electron chi connectivity index (χ3n) is 6.21. The van der Waals surface area contributed by atoms with Gasteiger partial charge in [-0.1, -0.05) is 97.8 Å². The van der Waals surface area contributed by atoms with Gasteiger partial charge in [-0.15, -0.1) is 69.1 Å². The van der Waals surface area contributed by atoms with Crippen molar-refractivity contribution in [2.45, 2.75) is 26.7 Å². The van der Waals surface area contributed by atoms with Crippen LogP contribution < -0.4 is 0 Å². The molecule has 0 saturated carbocycles.